The van der Waals surface area contributed by atoms with E-state index in [0.717, 1.165) is 24.2 Å². The monoisotopic (exact) mass is 286 g/mol. The Labute approximate surface area is 125 Å². The van der Waals surface area contributed by atoms with E-state index in [1.807, 2.05) is 66.3 Å². The first-order chi connectivity index (χ1) is 10.1. The molecule has 1 aromatic heterocycles. The SMILES string of the molecule is CCCCOC(=O)c1cccc(-n2cccc2)c1N(C)C. The number of benzene rings is 1. The number of ether oxygens (including phenoxy) is 1. The van der Waals surface area contributed by atoms with Crippen LogP contribution in [0.5, 0.6) is 0 Å². The van der Waals surface area contributed by atoms with Crippen molar-refractivity contribution in [2.24, 2.45) is 0 Å². The molecule has 1 heterocycles. The molecule has 4 heteroatoms. The lowest BCUT2D eigenvalue weighted by Gasteiger charge is -2.21. The Balaban J connectivity index is 2.37. The van der Waals surface area contributed by atoms with E-state index >= 15 is 0 Å². The Hall–Kier alpha value is -2.23. The lowest BCUT2D eigenvalue weighted by molar-refractivity contribution is 0.0500. The molecule has 0 spiro atoms. The first-order valence-electron chi connectivity index (χ1n) is 7.26. The third kappa shape index (κ3) is 3.45. The highest BCUT2D eigenvalue weighted by Gasteiger charge is 2.18. The normalized spacial score (nSPS) is 10.4. The second-order valence-corrected chi connectivity index (χ2v) is 5.15. The summed E-state index contributed by atoms with van der Waals surface area (Å²) in [6.07, 6.45) is 5.83. The Kier molecular flexibility index (Phi) is 5.04. The molecule has 0 aliphatic heterocycles. The molecule has 0 atom stereocenters. The van der Waals surface area contributed by atoms with Crippen molar-refractivity contribution in [3.63, 3.8) is 0 Å². The average molecular weight is 286 g/mol. The summed E-state index contributed by atoms with van der Waals surface area (Å²) in [6.45, 7) is 2.54. The van der Waals surface area contributed by atoms with Crippen LogP contribution in [0.2, 0.25) is 0 Å². The fraction of sp³-hybridized carbons (Fsp3) is 0.353. The van der Waals surface area contributed by atoms with E-state index in [-0.39, 0.29) is 5.97 Å². The van der Waals surface area contributed by atoms with Gasteiger partial charge in [0, 0.05) is 26.5 Å². The fourth-order valence-corrected chi connectivity index (χ4v) is 2.26. The lowest BCUT2D eigenvalue weighted by Crippen LogP contribution is -2.18. The maximum Gasteiger partial charge on any atom is 0.340 e. The highest BCUT2D eigenvalue weighted by molar-refractivity contribution is 5.98. The molecule has 0 aliphatic rings. The summed E-state index contributed by atoms with van der Waals surface area (Å²) < 4.78 is 7.35. The minimum atomic E-state index is -0.263. The van der Waals surface area contributed by atoms with Crippen LogP contribution >= 0.6 is 0 Å². The highest BCUT2D eigenvalue weighted by Crippen LogP contribution is 2.28. The van der Waals surface area contributed by atoms with E-state index in [1.165, 1.54) is 0 Å². The summed E-state index contributed by atoms with van der Waals surface area (Å²) in [6, 6.07) is 9.63. The fourth-order valence-electron chi connectivity index (χ4n) is 2.26. The number of para-hydroxylation sites is 1. The van der Waals surface area contributed by atoms with Crippen LogP contribution in [-0.4, -0.2) is 31.2 Å². The summed E-state index contributed by atoms with van der Waals surface area (Å²) in [5, 5.41) is 0. The Morgan fingerprint density at radius 1 is 1.19 bits per heavy atom. The number of nitrogens with zero attached hydrogens (tertiary/aromatic N) is 2. The predicted molar refractivity (Wildman–Crippen MR) is 85.3 cm³/mol. The van der Waals surface area contributed by atoms with Crippen LogP contribution in [0.4, 0.5) is 5.69 Å². The van der Waals surface area contributed by atoms with E-state index in [9.17, 15) is 4.79 Å². The van der Waals surface area contributed by atoms with Crippen LogP contribution in [0.25, 0.3) is 5.69 Å². The second-order valence-electron chi connectivity index (χ2n) is 5.15. The summed E-state index contributed by atoms with van der Waals surface area (Å²) in [4.78, 5) is 14.3. The zero-order valence-electron chi connectivity index (χ0n) is 12.9. The first-order valence-corrected chi connectivity index (χ1v) is 7.26. The third-order valence-corrected chi connectivity index (χ3v) is 3.30. The number of hydrogen-bond acceptors (Lipinski definition) is 3. The van der Waals surface area contributed by atoms with Gasteiger partial charge < -0.3 is 14.2 Å². The Bertz CT molecular complexity index is 589. The van der Waals surface area contributed by atoms with E-state index in [0.29, 0.717) is 12.2 Å². The van der Waals surface area contributed by atoms with Gasteiger partial charge in [0.1, 0.15) is 0 Å². The molecule has 0 bridgehead atoms. The van der Waals surface area contributed by atoms with E-state index in [1.54, 1.807) is 0 Å². The molecule has 112 valence electrons. The number of hydrogen-bond donors (Lipinski definition) is 0. The van der Waals surface area contributed by atoms with Crippen molar-refractivity contribution in [1.29, 1.82) is 0 Å². The second kappa shape index (κ2) is 6.97. The van der Waals surface area contributed by atoms with Crippen molar-refractivity contribution in [3.05, 3.63) is 48.3 Å². The van der Waals surface area contributed by atoms with Crippen molar-refractivity contribution in [2.45, 2.75) is 19.8 Å². The first kappa shape index (κ1) is 15.2. The van der Waals surface area contributed by atoms with Gasteiger partial charge >= 0.3 is 5.97 Å². The maximum atomic E-state index is 12.3. The minimum Gasteiger partial charge on any atom is -0.462 e. The number of anilines is 1. The van der Waals surface area contributed by atoms with Gasteiger partial charge in [0.25, 0.3) is 0 Å². The summed E-state index contributed by atoms with van der Waals surface area (Å²) >= 11 is 0. The molecule has 0 N–H and O–H groups in total. The summed E-state index contributed by atoms with van der Waals surface area (Å²) in [5.41, 5.74) is 2.44. The molecule has 2 aromatic rings. The largest absolute Gasteiger partial charge is 0.462 e. The molecule has 0 aliphatic carbocycles. The number of carbonyl (C=O) groups excluding carboxylic acids is 1. The van der Waals surface area contributed by atoms with Crippen LogP contribution in [0.1, 0.15) is 30.1 Å². The molecular weight excluding hydrogens is 264 g/mol. The maximum absolute atomic E-state index is 12.3. The van der Waals surface area contributed by atoms with Crippen LogP contribution < -0.4 is 4.90 Å². The smallest absolute Gasteiger partial charge is 0.340 e. The molecular formula is C17H22N2O2. The number of aromatic nitrogens is 1. The lowest BCUT2D eigenvalue weighted by atomic mass is 10.1. The Morgan fingerprint density at radius 3 is 2.52 bits per heavy atom. The summed E-state index contributed by atoms with van der Waals surface area (Å²) in [5.74, 6) is -0.263. The van der Waals surface area contributed by atoms with Crippen molar-refractivity contribution >= 4 is 11.7 Å². The highest BCUT2D eigenvalue weighted by atomic mass is 16.5. The zero-order chi connectivity index (χ0) is 15.2. The van der Waals surface area contributed by atoms with Crippen molar-refractivity contribution < 1.29 is 9.53 Å². The van der Waals surface area contributed by atoms with Crippen LogP contribution in [0.3, 0.4) is 0 Å². The quantitative estimate of drug-likeness (QED) is 0.602. The number of esters is 1. The molecule has 2 rings (SSSR count). The number of rotatable bonds is 6. The van der Waals surface area contributed by atoms with Crippen molar-refractivity contribution in [3.8, 4) is 5.69 Å². The van der Waals surface area contributed by atoms with Gasteiger partial charge in [-0.3, -0.25) is 0 Å². The molecule has 21 heavy (non-hydrogen) atoms. The topological polar surface area (TPSA) is 34.5 Å². The van der Waals surface area contributed by atoms with Gasteiger partial charge in [-0.2, -0.15) is 0 Å². The molecule has 4 nitrogen and oxygen atoms in total. The zero-order valence-corrected chi connectivity index (χ0v) is 12.9. The van der Waals surface area contributed by atoms with Gasteiger partial charge in [0.15, 0.2) is 0 Å². The van der Waals surface area contributed by atoms with Gasteiger partial charge in [0.05, 0.1) is 23.5 Å². The number of carbonyl (C=O) groups is 1. The summed E-state index contributed by atoms with van der Waals surface area (Å²) in [7, 11) is 3.87. The average Bonchev–Trinajstić information content (AvgIpc) is 3.00. The molecule has 1 aromatic carbocycles. The van der Waals surface area contributed by atoms with Gasteiger partial charge in [0.2, 0.25) is 0 Å². The number of unbranched alkanes of at least 4 members (excludes halogenated alkanes) is 1. The molecule has 0 amide bonds. The van der Waals surface area contributed by atoms with Crippen molar-refractivity contribution in [2.75, 3.05) is 25.6 Å². The molecule has 0 unspecified atom stereocenters. The molecule has 0 fully saturated rings. The van der Waals surface area contributed by atoms with Gasteiger partial charge in [-0.05, 0) is 30.7 Å². The van der Waals surface area contributed by atoms with E-state index < -0.39 is 0 Å². The van der Waals surface area contributed by atoms with Gasteiger partial charge in [-0.15, -0.1) is 0 Å². The van der Waals surface area contributed by atoms with Crippen molar-refractivity contribution in [1.82, 2.24) is 4.57 Å². The molecule has 0 radical (unpaired) electrons. The molecule has 0 saturated carbocycles. The predicted octanol–water partition coefficient (Wildman–Crippen LogP) is 3.50. The van der Waals surface area contributed by atoms with Gasteiger partial charge in [-0.25, -0.2) is 4.79 Å². The van der Waals surface area contributed by atoms with Crippen LogP contribution in [-0.2, 0) is 4.74 Å². The van der Waals surface area contributed by atoms with Gasteiger partial charge in [-0.1, -0.05) is 19.4 Å². The third-order valence-electron chi connectivity index (χ3n) is 3.30. The van der Waals surface area contributed by atoms with E-state index in [4.69, 9.17) is 4.74 Å². The standard InChI is InChI=1S/C17H22N2O2/c1-4-5-13-21-17(20)14-9-8-10-15(16(14)18(2)3)19-11-6-7-12-19/h6-12H,4-5,13H2,1-3H3. The minimum absolute atomic E-state index is 0.263. The van der Waals surface area contributed by atoms with Crippen LogP contribution in [0.15, 0.2) is 42.7 Å². The molecule has 0 saturated heterocycles. The van der Waals surface area contributed by atoms with E-state index in [2.05, 4.69) is 6.92 Å². The van der Waals surface area contributed by atoms with Crippen LogP contribution in [0, 0.1) is 0 Å². The Morgan fingerprint density at radius 2 is 1.90 bits per heavy atom.